The maximum absolute atomic E-state index is 13.3. The fourth-order valence-corrected chi connectivity index (χ4v) is 4.25. The molecule has 0 aliphatic carbocycles. The number of hydrogen-bond donors (Lipinski definition) is 2. The van der Waals surface area contributed by atoms with E-state index in [-0.39, 0.29) is 22.4 Å². The number of carbonyl (C=O) groups is 1. The standard InChI is InChI=1S/C20H24F2N4O3S/c1-2-9-23-20(27)14-7-10-26(11-8-14)19-6-4-16(13-24-19)30(28,29)25-15-3-5-17(21)18(22)12-15/h3-6,12-14,25H,2,7-11H2,1H3,(H,23,27). The van der Waals surface area contributed by atoms with E-state index in [1.807, 2.05) is 11.8 Å². The van der Waals surface area contributed by atoms with Crippen LogP contribution in [-0.2, 0) is 14.8 Å². The molecule has 1 aromatic heterocycles. The highest BCUT2D eigenvalue weighted by molar-refractivity contribution is 7.92. The summed E-state index contributed by atoms with van der Waals surface area (Å²) in [5.41, 5.74) is -0.0820. The Labute approximate surface area is 174 Å². The number of rotatable bonds is 7. The van der Waals surface area contributed by atoms with Gasteiger partial charge < -0.3 is 10.2 Å². The van der Waals surface area contributed by atoms with Crippen molar-refractivity contribution in [1.29, 1.82) is 0 Å². The van der Waals surface area contributed by atoms with E-state index in [1.165, 1.54) is 12.3 Å². The zero-order chi connectivity index (χ0) is 21.7. The molecule has 162 valence electrons. The van der Waals surface area contributed by atoms with Crippen molar-refractivity contribution in [2.45, 2.75) is 31.1 Å². The Hall–Kier alpha value is -2.75. The molecule has 0 atom stereocenters. The first kappa shape index (κ1) is 21.9. The first-order chi connectivity index (χ1) is 14.3. The smallest absolute Gasteiger partial charge is 0.263 e. The van der Waals surface area contributed by atoms with Crippen molar-refractivity contribution in [2.75, 3.05) is 29.3 Å². The summed E-state index contributed by atoms with van der Waals surface area (Å²) >= 11 is 0. The van der Waals surface area contributed by atoms with E-state index < -0.39 is 21.7 Å². The molecule has 0 saturated carbocycles. The van der Waals surface area contributed by atoms with Crippen LogP contribution in [0.3, 0.4) is 0 Å². The number of benzene rings is 1. The molecule has 0 spiro atoms. The Morgan fingerprint density at radius 1 is 1.17 bits per heavy atom. The monoisotopic (exact) mass is 438 g/mol. The van der Waals surface area contributed by atoms with E-state index in [2.05, 4.69) is 15.0 Å². The molecular formula is C20H24F2N4O3S. The Morgan fingerprint density at radius 3 is 2.50 bits per heavy atom. The average molecular weight is 439 g/mol. The first-order valence-corrected chi connectivity index (χ1v) is 11.2. The third kappa shape index (κ3) is 5.24. The number of amides is 1. The maximum Gasteiger partial charge on any atom is 0.263 e. The second-order valence-electron chi connectivity index (χ2n) is 7.14. The molecule has 2 N–H and O–H groups in total. The molecular weight excluding hydrogens is 414 g/mol. The molecule has 0 radical (unpaired) electrons. The fraction of sp³-hybridized carbons (Fsp3) is 0.400. The number of aromatic nitrogens is 1. The summed E-state index contributed by atoms with van der Waals surface area (Å²) in [6.07, 6.45) is 3.52. The van der Waals surface area contributed by atoms with E-state index in [4.69, 9.17) is 0 Å². The quantitative estimate of drug-likeness (QED) is 0.694. The van der Waals surface area contributed by atoms with Crippen LogP contribution in [-0.4, -0.2) is 38.9 Å². The van der Waals surface area contributed by atoms with Crippen LogP contribution in [0.1, 0.15) is 26.2 Å². The van der Waals surface area contributed by atoms with E-state index in [0.29, 0.717) is 38.3 Å². The molecule has 2 heterocycles. The number of hydrogen-bond acceptors (Lipinski definition) is 5. The summed E-state index contributed by atoms with van der Waals surface area (Å²) in [5.74, 6) is -1.53. The lowest BCUT2D eigenvalue weighted by Gasteiger charge is -2.32. The van der Waals surface area contributed by atoms with Crippen molar-refractivity contribution in [3.05, 3.63) is 48.2 Å². The average Bonchev–Trinajstić information content (AvgIpc) is 2.74. The number of halogens is 2. The van der Waals surface area contributed by atoms with Crippen LogP contribution in [0.2, 0.25) is 0 Å². The Bertz CT molecular complexity index is 992. The predicted molar refractivity (Wildman–Crippen MR) is 110 cm³/mol. The van der Waals surface area contributed by atoms with Crippen molar-refractivity contribution in [2.24, 2.45) is 5.92 Å². The zero-order valence-electron chi connectivity index (χ0n) is 16.6. The van der Waals surface area contributed by atoms with E-state index >= 15 is 0 Å². The maximum atomic E-state index is 13.3. The van der Waals surface area contributed by atoms with Crippen LogP contribution in [0, 0.1) is 17.6 Å². The topological polar surface area (TPSA) is 91.4 Å². The van der Waals surface area contributed by atoms with Gasteiger partial charge >= 0.3 is 0 Å². The number of pyridine rings is 1. The van der Waals surface area contributed by atoms with Crippen molar-refractivity contribution in [3.63, 3.8) is 0 Å². The van der Waals surface area contributed by atoms with Crippen LogP contribution in [0.25, 0.3) is 0 Å². The summed E-state index contributed by atoms with van der Waals surface area (Å²) in [6.45, 7) is 3.98. The number of sulfonamides is 1. The highest BCUT2D eigenvalue weighted by Gasteiger charge is 2.25. The Kier molecular flexibility index (Phi) is 6.86. The summed E-state index contributed by atoms with van der Waals surface area (Å²) in [6, 6.07) is 5.76. The van der Waals surface area contributed by atoms with Crippen LogP contribution >= 0.6 is 0 Å². The molecule has 1 aliphatic heterocycles. The van der Waals surface area contributed by atoms with Crippen LogP contribution < -0.4 is 14.9 Å². The highest BCUT2D eigenvalue weighted by Crippen LogP contribution is 2.24. The van der Waals surface area contributed by atoms with E-state index in [9.17, 15) is 22.0 Å². The lowest BCUT2D eigenvalue weighted by atomic mass is 9.96. The Morgan fingerprint density at radius 2 is 1.90 bits per heavy atom. The van der Waals surface area contributed by atoms with Gasteiger partial charge in [0, 0.05) is 37.8 Å². The molecule has 2 aromatic rings. The third-order valence-electron chi connectivity index (χ3n) is 4.94. The van der Waals surface area contributed by atoms with Crippen LogP contribution in [0.5, 0.6) is 0 Å². The molecule has 10 heteroatoms. The number of carbonyl (C=O) groups excluding carboxylic acids is 1. The van der Waals surface area contributed by atoms with Crippen molar-refractivity contribution in [1.82, 2.24) is 10.3 Å². The lowest BCUT2D eigenvalue weighted by Crippen LogP contribution is -2.41. The first-order valence-electron chi connectivity index (χ1n) is 9.76. The van der Waals surface area contributed by atoms with Gasteiger partial charge in [-0.3, -0.25) is 9.52 Å². The normalized spacial score (nSPS) is 15.1. The summed E-state index contributed by atoms with van der Waals surface area (Å²) < 4.78 is 53.4. The summed E-state index contributed by atoms with van der Waals surface area (Å²) in [5, 5.41) is 2.92. The van der Waals surface area contributed by atoms with Gasteiger partial charge in [0.15, 0.2) is 11.6 Å². The molecule has 1 aromatic carbocycles. The number of nitrogens with one attached hydrogen (secondary N) is 2. The van der Waals surface area contributed by atoms with Crippen LogP contribution in [0.4, 0.5) is 20.3 Å². The Balaban J connectivity index is 1.62. The van der Waals surface area contributed by atoms with Gasteiger partial charge in [-0.25, -0.2) is 22.2 Å². The molecule has 0 unspecified atom stereocenters. The minimum absolute atomic E-state index is 0.0206. The molecule has 3 rings (SSSR count). The second-order valence-corrected chi connectivity index (χ2v) is 8.82. The number of piperidine rings is 1. The molecule has 1 aliphatic rings. The SMILES string of the molecule is CCCNC(=O)C1CCN(c2ccc(S(=O)(=O)Nc3ccc(F)c(F)c3)cn2)CC1. The van der Waals surface area contributed by atoms with Gasteiger partial charge in [0.05, 0.1) is 5.69 Å². The van der Waals surface area contributed by atoms with Gasteiger partial charge in [0.1, 0.15) is 10.7 Å². The van der Waals surface area contributed by atoms with E-state index in [1.54, 1.807) is 6.07 Å². The van der Waals surface area contributed by atoms with Gasteiger partial charge in [0.25, 0.3) is 10.0 Å². The number of nitrogens with zero attached hydrogens (tertiary/aromatic N) is 2. The molecule has 1 saturated heterocycles. The largest absolute Gasteiger partial charge is 0.357 e. The number of anilines is 2. The van der Waals surface area contributed by atoms with Crippen molar-refractivity contribution < 1.29 is 22.0 Å². The van der Waals surface area contributed by atoms with Gasteiger partial charge in [-0.1, -0.05) is 6.92 Å². The molecule has 30 heavy (non-hydrogen) atoms. The van der Waals surface area contributed by atoms with Gasteiger partial charge in [-0.05, 0) is 43.5 Å². The summed E-state index contributed by atoms with van der Waals surface area (Å²) in [4.78, 5) is 18.2. The predicted octanol–water partition coefficient (Wildman–Crippen LogP) is 2.90. The minimum atomic E-state index is -3.99. The van der Waals surface area contributed by atoms with Crippen LogP contribution in [0.15, 0.2) is 41.4 Å². The highest BCUT2D eigenvalue weighted by atomic mass is 32.2. The zero-order valence-corrected chi connectivity index (χ0v) is 17.4. The minimum Gasteiger partial charge on any atom is -0.357 e. The van der Waals surface area contributed by atoms with Gasteiger partial charge in [0.2, 0.25) is 5.91 Å². The third-order valence-corrected chi connectivity index (χ3v) is 6.31. The molecule has 1 amide bonds. The lowest BCUT2D eigenvalue weighted by molar-refractivity contribution is -0.125. The second kappa shape index (κ2) is 9.38. The van der Waals surface area contributed by atoms with E-state index in [0.717, 1.165) is 24.6 Å². The van der Waals surface area contributed by atoms with Gasteiger partial charge in [-0.2, -0.15) is 0 Å². The molecule has 1 fully saturated rings. The summed E-state index contributed by atoms with van der Waals surface area (Å²) in [7, 11) is -3.99. The molecule has 0 bridgehead atoms. The van der Waals surface area contributed by atoms with Crippen molar-refractivity contribution >= 4 is 27.4 Å². The van der Waals surface area contributed by atoms with Crippen molar-refractivity contribution in [3.8, 4) is 0 Å². The molecule has 7 nitrogen and oxygen atoms in total. The van der Waals surface area contributed by atoms with Gasteiger partial charge in [-0.15, -0.1) is 0 Å². The fourth-order valence-electron chi connectivity index (χ4n) is 3.26.